The molecule has 0 saturated carbocycles. The second-order valence-corrected chi connectivity index (χ2v) is 4.46. The molecule has 0 aliphatic rings. The van der Waals surface area contributed by atoms with E-state index < -0.39 is 0 Å². The number of rotatable bonds is 3. The predicted molar refractivity (Wildman–Crippen MR) is 65.7 cm³/mol. The Morgan fingerprint density at radius 1 is 1.50 bits per heavy atom. The number of aromatic nitrogens is 2. The summed E-state index contributed by atoms with van der Waals surface area (Å²) in [6.45, 7) is 2.23. The van der Waals surface area contributed by atoms with Crippen LogP contribution in [0.15, 0.2) is 16.7 Å². The van der Waals surface area contributed by atoms with Crippen molar-refractivity contribution in [1.29, 1.82) is 0 Å². The van der Waals surface area contributed by atoms with Gasteiger partial charge in [0.15, 0.2) is 6.79 Å². The summed E-state index contributed by atoms with van der Waals surface area (Å²) in [5.74, 6) is 0.785. The third-order valence-electron chi connectivity index (χ3n) is 2.37. The largest absolute Gasteiger partial charge is 0.466 e. The zero-order valence-corrected chi connectivity index (χ0v) is 11.0. The molecular weight excluding hydrogens is 272 g/mol. The van der Waals surface area contributed by atoms with Crippen molar-refractivity contribution in [1.82, 2.24) is 9.78 Å². The van der Waals surface area contributed by atoms with E-state index in [1.165, 1.54) is 0 Å². The van der Waals surface area contributed by atoms with Crippen LogP contribution in [0.2, 0.25) is 0 Å². The quantitative estimate of drug-likeness (QED) is 0.813. The molecule has 0 bridgehead atoms. The van der Waals surface area contributed by atoms with E-state index in [0.717, 1.165) is 26.7 Å². The first-order valence-electron chi connectivity index (χ1n) is 4.87. The Morgan fingerprint density at radius 2 is 2.25 bits per heavy atom. The molecule has 0 radical (unpaired) electrons. The minimum Gasteiger partial charge on any atom is -0.466 e. The first kappa shape index (κ1) is 11.4. The highest BCUT2D eigenvalue weighted by Gasteiger charge is 2.12. The van der Waals surface area contributed by atoms with Gasteiger partial charge in [-0.25, -0.2) is 0 Å². The molecule has 0 spiro atoms. The summed E-state index contributed by atoms with van der Waals surface area (Å²) in [6, 6.07) is 2.00. The Bertz CT molecular complexity index is 522. The molecular formula is C11H13BrN2O2. The number of aryl methyl sites for hydroxylation is 2. The van der Waals surface area contributed by atoms with Gasteiger partial charge in [0.2, 0.25) is 0 Å². The van der Waals surface area contributed by atoms with E-state index in [1.807, 2.05) is 26.2 Å². The number of hydrogen-bond acceptors (Lipinski definition) is 3. The van der Waals surface area contributed by atoms with Crippen LogP contribution in [0.3, 0.4) is 0 Å². The van der Waals surface area contributed by atoms with Gasteiger partial charge in [0.1, 0.15) is 5.75 Å². The lowest BCUT2D eigenvalue weighted by molar-refractivity contribution is 0.0502. The summed E-state index contributed by atoms with van der Waals surface area (Å²) < 4.78 is 13.1. The molecule has 0 aliphatic carbocycles. The number of fused-ring (bicyclic) bond motifs is 1. The SMILES string of the molecule is COCOc1c(Br)cc2cn(C)nc2c1C. The Morgan fingerprint density at radius 3 is 2.94 bits per heavy atom. The zero-order chi connectivity index (χ0) is 11.7. The Labute approximate surface area is 102 Å². The van der Waals surface area contributed by atoms with Crippen molar-refractivity contribution in [2.24, 2.45) is 7.05 Å². The van der Waals surface area contributed by atoms with Gasteiger partial charge in [-0.2, -0.15) is 5.10 Å². The van der Waals surface area contributed by atoms with Gasteiger partial charge in [-0.05, 0) is 28.9 Å². The highest BCUT2D eigenvalue weighted by molar-refractivity contribution is 9.10. The highest BCUT2D eigenvalue weighted by atomic mass is 79.9. The third-order valence-corrected chi connectivity index (χ3v) is 2.96. The standard InChI is InChI=1S/C11H13BrN2O2/c1-7-10-8(5-14(2)13-10)4-9(12)11(7)16-6-15-3/h4-5H,6H2,1-3H3. The summed E-state index contributed by atoms with van der Waals surface area (Å²) >= 11 is 3.49. The molecule has 86 valence electrons. The van der Waals surface area contributed by atoms with Crippen LogP contribution in [0, 0.1) is 6.92 Å². The fourth-order valence-electron chi connectivity index (χ4n) is 1.69. The minimum absolute atomic E-state index is 0.234. The Kier molecular flexibility index (Phi) is 3.16. The molecule has 2 rings (SSSR count). The molecule has 4 nitrogen and oxygen atoms in total. The van der Waals surface area contributed by atoms with Gasteiger partial charge in [0.25, 0.3) is 0 Å². The average molecular weight is 285 g/mol. The van der Waals surface area contributed by atoms with E-state index in [1.54, 1.807) is 11.8 Å². The molecule has 0 aliphatic heterocycles. The van der Waals surface area contributed by atoms with Crippen LogP contribution in [0.5, 0.6) is 5.75 Å². The molecule has 5 heteroatoms. The number of nitrogens with zero attached hydrogens (tertiary/aromatic N) is 2. The number of halogens is 1. The fourth-order valence-corrected chi connectivity index (χ4v) is 2.35. The second kappa shape index (κ2) is 4.43. The molecule has 1 aromatic carbocycles. The predicted octanol–water partition coefficient (Wildman–Crippen LogP) is 2.63. The number of hydrogen-bond donors (Lipinski definition) is 0. The Hall–Kier alpha value is -1.07. The molecule has 1 aromatic heterocycles. The van der Waals surface area contributed by atoms with Crippen molar-refractivity contribution in [3.8, 4) is 5.75 Å². The van der Waals surface area contributed by atoms with Crippen LogP contribution in [0.25, 0.3) is 10.9 Å². The maximum atomic E-state index is 5.52. The van der Waals surface area contributed by atoms with Gasteiger partial charge >= 0.3 is 0 Å². The van der Waals surface area contributed by atoms with Crippen LogP contribution in [-0.2, 0) is 11.8 Å². The summed E-state index contributed by atoms with van der Waals surface area (Å²) in [4.78, 5) is 0. The first-order chi connectivity index (χ1) is 7.63. The van der Waals surface area contributed by atoms with Crippen LogP contribution in [-0.4, -0.2) is 23.7 Å². The van der Waals surface area contributed by atoms with Gasteiger partial charge < -0.3 is 9.47 Å². The highest BCUT2D eigenvalue weighted by Crippen LogP contribution is 2.34. The number of methoxy groups -OCH3 is 1. The van der Waals surface area contributed by atoms with Gasteiger partial charge in [-0.15, -0.1) is 0 Å². The van der Waals surface area contributed by atoms with E-state index in [2.05, 4.69) is 21.0 Å². The molecule has 0 amide bonds. The molecule has 0 unspecified atom stereocenters. The minimum atomic E-state index is 0.234. The van der Waals surface area contributed by atoms with E-state index in [4.69, 9.17) is 9.47 Å². The van der Waals surface area contributed by atoms with Gasteiger partial charge in [-0.1, -0.05) is 0 Å². The number of ether oxygens (including phenoxy) is 2. The smallest absolute Gasteiger partial charge is 0.188 e. The van der Waals surface area contributed by atoms with Crippen LogP contribution in [0.1, 0.15) is 5.56 Å². The van der Waals surface area contributed by atoms with E-state index in [9.17, 15) is 0 Å². The summed E-state index contributed by atoms with van der Waals surface area (Å²) in [5.41, 5.74) is 1.97. The molecule has 0 N–H and O–H groups in total. The summed E-state index contributed by atoms with van der Waals surface area (Å²) in [5, 5.41) is 5.49. The second-order valence-electron chi connectivity index (χ2n) is 3.60. The molecule has 1 heterocycles. The van der Waals surface area contributed by atoms with Crippen molar-refractivity contribution in [3.05, 3.63) is 22.3 Å². The lowest BCUT2D eigenvalue weighted by Gasteiger charge is -2.10. The molecule has 0 fully saturated rings. The molecule has 0 atom stereocenters. The lowest BCUT2D eigenvalue weighted by Crippen LogP contribution is -2.01. The fraction of sp³-hybridized carbons (Fsp3) is 0.364. The van der Waals surface area contributed by atoms with E-state index >= 15 is 0 Å². The monoisotopic (exact) mass is 284 g/mol. The lowest BCUT2D eigenvalue weighted by atomic mass is 10.1. The van der Waals surface area contributed by atoms with Crippen molar-refractivity contribution in [2.45, 2.75) is 6.92 Å². The van der Waals surface area contributed by atoms with Gasteiger partial charge in [-0.3, -0.25) is 4.68 Å². The average Bonchev–Trinajstić information content (AvgIpc) is 2.59. The van der Waals surface area contributed by atoms with Crippen LogP contribution in [0.4, 0.5) is 0 Å². The van der Waals surface area contributed by atoms with Crippen molar-refractivity contribution in [3.63, 3.8) is 0 Å². The Balaban J connectivity index is 2.56. The van der Waals surface area contributed by atoms with Gasteiger partial charge in [0, 0.05) is 31.3 Å². The third kappa shape index (κ3) is 1.92. The van der Waals surface area contributed by atoms with E-state index in [0.29, 0.717) is 0 Å². The van der Waals surface area contributed by atoms with Crippen LogP contribution >= 0.6 is 15.9 Å². The zero-order valence-electron chi connectivity index (χ0n) is 9.45. The molecule has 2 aromatic rings. The van der Waals surface area contributed by atoms with Gasteiger partial charge in [0.05, 0.1) is 9.99 Å². The summed E-state index contributed by atoms with van der Waals surface area (Å²) in [7, 11) is 3.51. The maximum absolute atomic E-state index is 5.52. The topological polar surface area (TPSA) is 36.3 Å². The number of benzene rings is 1. The van der Waals surface area contributed by atoms with Crippen LogP contribution < -0.4 is 4.74 Å². The molecule has 0 saturated heterocycles. The molecule has 16 heavy (non-hydrogen) atoms. The summed E-state index contributed by atoms with van der Waals surface area (Å²) in [6.07, 6.45) is 1.98. The van der Waals surface area contributed by atoms with Crippen molar-refractivity contribution < 1.29 is 9.47 Å². The maximum Gasteiger partial charge on any atom is 0.188 e. The first-order valence-corrected chi connectivity index (χ1v) is 5.67. The van der Waals surface area contributed by atoms with E-state index in [-0.39, 0.29) is 6.79 Å². The van der Waals surface area contributed by atoms with Crippen molar-refractivity contribution >= 4 is 26.8 Å². The normalized spacial score (nSPS) is 11.0. The van der Waals surface area contributed by atoms with Crippen molar-refractivity contribution in [2.75, 3.05) is 13.9 Å².